The van der Waals surface area contributed by atoms with Crippen LogP contribution in [0.2, 0.25) is 0 Å². The highest BCUT2D eigenvalue weighted by atomic mass is 32.1. The molecular weight excluding hydrogens is 1530 g/mol. The van der Waals surface area contributed by atoms with Gasteiger partial charge in [0.1, 0.15) is 58.4 Å². The van der Waals surface area contributed by atoms with Crippen LogP contribution in [0, 0.1) is 11.8 Å². The Kier molecular flexibility index (Phi) is 24.5. The normalized spacial score (nSPS) is 17.7. The molecule has 8 heterocycles. The summed E-state index contributed by atoms with van der Waals surface area (Å²) in [5.41, 5.74) is 13.7. The number of thiazole rings is 2. The number of hydrogen-bond donors (Lipinski definition) is 4. The first-order valence-electron chi connectivity index (χ1n) is 41.6. The van der Waals surface area contributed by atoms with E-state index in [-0.39, 0.29) is 72.8 Å². The Morgan fingerprint density at radius 2 is 0.788 bits per heavy atom. The maximum atomic E-state index is 15.4. The van der Waals surface area contributed by atoms with Crippen molar-refractivity contribution < 1.29 is 47.8 Å². The predicted octanol–water partition coefficient (Wildman–Crippen LogP) is 15.0. The van der Waals surface area contributed by atoms with E-state index in [1.54, 1.807) is 58.7 Å². The third-order valence-corrected chi connectivity index (χ3v) is 27.2. The number of urea groups is 2. The molecule has 24 nitrogen and oxygen atoms in total. The van der Waals surface area contributed by atoms with Crippen molar-refractivity contribution >= 4 is 91.0 Å². The summed E-state index contributed by atoms with van der Waals surface area (Å²) >= 11 is 3.09. The zero-order valence-corrected chi connectivity index (χ0v) is 68.7. The fourth-order valence-corrected chi connectivity index (χ4v) is 20.3. The monoisotopic (exact) mass is 1620 g/mol. The average molecular weight is 1630 g/mol. The van der Waals surface area contributed by atoms with Crippen molar-refractivity contribution in [3.8, 4) is 44.8 Å². The van der Waals surface area contributed by atoms with Gasteiger partial charge in [-0.05, 0) is 147 Å². The van der Waals surface area contributed by atoms with E-state index < -0.39 is 48.2 Å². The molecular formula is C92H100N14O10S2. The van der Waals surface area contributed by atoms with Crippen molar-refractivity contribution in [2.75, 3.05) is 79.7 Å². The Morgan fingerprint density at radius 1 is 0.441 bits per heavy atom. The number of nitrogens with zero attached hydrogens (tertiary/aromatic N) is 10. The zero-order valence-electron chi connectivity index (χ0n) is 67.0. The molecule has 26 heteroatoms. The summed E-state index contributed by atoms with van der Waals surface area (Å²) in [6, 6.07) is 51.2. The van der Waals surface area contributed by atoms with Gasteiger partial charge in [0.05, 0.1) is 32.9 Å². The van der Waals surface area contributed by atoms with Gasteiger partial charge in [0, 0.05) is 102 Å². The van der Waals surface area contributed by atoms with E-state index in [0.717, 1.165) is 136 Å². The molecule has 118 heavy (non-hydrogen) atoms. The summed E-state index contributed by atoms with van der Waals surface area (Å²) in [5.74, 6) is -2.45. The van der Waals surface area contributed by atoms with Crippen LogP contribution in [-0.4, -0.2) is 201 Å². The van der Waals surface area contributed by atoms with Crippen LogP contribution < -0.4 is 21.3 Å². The van der Waals surface area contributed by atoms with E-state index >= 15 is 9.59 Å². The summed E-state index contributed by atoms with van der Waals surface area (Å²) in [6.45, 7) is 6.72. The Labute approximate surface area is 695 Å². The molecule has 4 fully saturated rings. The van der Waals surface area contributed by atoms with Gasteiger partial charge < -0.3 is 50.3 Å². The first-order chi connectivity index (χ1) is 57.5. The van der Waals surface area contributed by atoms with Gasteiger partial charge in [-0.2, -0.15) is 0 Å². The third-order valence-electron chi connectivity index (χ3n) is 24.9. The number of nitrogens with one attached hydrogen (secondary N) is 4. The Hall–Kier alpha value is -11.6. The number of fused-ring (bicyclic) bond motifs is 8. The van der Waals surface area contributed by atoms with Crippen molar-refractivity contribution in [2.24, 2.45) is 11.8 Å². The number of carbonyl (C=O) groups excluding carboxylic acids is 8. The van der Waals surface area contributed by atoms with Gasteiger partial charge in [-0.15, -0.1) is 22.7 Å². The molecule has 2 aliphatic carbocycles. The molecule has 4 N–H and O–H groups in total. The molecule has 6 aromatic carbocycles. The van der Waals surface area contributed by atoms with E-state index in [2.05, 4.69) is 69.8 Å². The highest BCUT2D eigenvalue weighted by Crippen LogP contribution is 2.48. The van der Waals surface area contributed by atoms with Gasteiger partial charge in [-0.1, -0.05) is 171 Å². The number of rotatable bonds is 25. The number of benzene rings is 6. The molecule has 4 saturated heterocycles. The van der Waals surface area contributed by atoms with Gasteiger partial charge in [-0.3, -0.25) is 38.9 Å². The molecule has 610 valence electrons. The smallest absolute Gasteiger partial charge is 0.410 e. The summed E-state index contributed by atoms with van der Waals surface area (Å²) < 4.78 is 13.9. The molecule has 0 unspecified atom stereocenters. The summed E-state index contributed by atoms with van der Waals surface area (Å²) in [5, 5.41) is 14.1. The Bertz CT molecular complexity index is 4920. The van der Waals surface area contributed by atoms with E-state index in [0.29, 0.717) is 90.9 Å². The summed E-state index contributed by atoms with van der Waals surface area (Å²) in [7, 11) is 3.08. The number of piperidine rings is 2. The standard InChI is InChI=1S/C92H100N14O10S2/c1-57(101(3)91(113)115-55-71-67-33-17-13-29-63(67)64-30-14-18-34-68(64)71)83(107)97-79(87(109)105-49-23-37-73(105)85-99-81-75(117-85)39-47-93-77(81)59-25-9-7-10-26-59)61-41-51-103(52-42-61)89(111)95-45-21-5-6-22-46-96-90(112)104-53-43-62(44-54-104)80(88(110)106-50-24-38-74(106)86-100-82-76(118-86)40-48-94-78(82)60-27-11-8-12-28-60)98-84(108)58(2)102(4)92(114)116-56-72-69-35-19-15-31-65(69)66-32-16-20-36-70(66)72/h7-20,25-36,39-40,47-48,57-58,61-62,71-74,79-80H,5-6,21-24,37-38,41-46,49-56H2,1-4H3,(H,95,111)(H,96,112)(H,97,107)(H,98,108)/t57-,58-,73-,74-,79-,80-/m0/s1. The third kappa shape index (κ3) is 16.8. The number of carbonyl (C=O) groups is 8. The molecule has 4 aromatic heterocycles. The molecule has 10 amide bonds. The molecule has 10 aromatic rings. The first-order valence-corrected chi connectivity index (χ1v) is 43.2. The molecule has 0 bridgehead atoms. The highest BCUT2D eigenvalue weighted by molar-refractivity contribution is 7.19. The summed E-state index contributed by atoms with van der Waals surface area (Å²) in [4.78, 5) is 145. The second kappa shape index (κ2) is 36.1. The number of likely N-dealkylation sites (N-methyl/N-ethyl adjacent to an activating group) is 2. The van der Waals surface area contributed by atoms with Crippen LogP contribution >= 0.6 is 22.7 Å². The average Bonchev–Trinajstić information content (AvgIpc) is 1.63. The maximum Gasteiger partial charge on any atom is 0.410 e. The fourth-order valence-electron chi connectivity index (χ4n) is 18.0. The van der Waals surface area contributed by atoms with Crippen LogP contribution in [-0.2, 0) is 28.7 Å². The minimum atomic E-state index is -1.00. The van der Waals surface area contributed by atoms with Gasteiger partial charge >= 0.3 is 24.2 Å². The zero-order chi connectivity index (χ0) is 81.5. The van der Waals surface area contributed by atoms with Gasteiger partial charge in [0.2, 0.25) is 23.6 Å². The number of hydrogen-bond acceptors (Lipinski definition) is 16. The molecule has 6 atom stereocenters. The molecule has 0 saturated carbocycles. The van der Waals surface area contributed by atoms with E-state index in [1.165, 1.54) is 23.9 Å². The van der Waals surface area contributed by atoms with Crippen molar-refractivity contribution in [2.45, 2.75) is 139 Å². The van der Waals surface area contributed by atoms with Crippen LogP contribution in [0.15, 0.2) is 182 Å². The van der Waals surface area contributed by atoms with Crippen molar-refractivity contribution in [3.63, 3.8) is 0 Å². The highest BCUT2D eigenvalue weighted by Gasteiger charge is 2.45. The van der Waals surface area contributed by atoms with Crippen LogP contribution in [0.1, 0.15) is 147 Å². The lowest BCUT2D eigenvalue weighted by Crippen LogP contribution is -2.58. The lowest BCUT2D eigenvalue weighted by molar-refractivity contribution is -0.140. The predicted molar refractivity (Wildman–Crippen MR) is 455 cm³/mol. The fraction of sp³-hybridized carbons (Fsp3) is 0.391. The van der Waals surface area contributed by atoms with Crippen molar-refractivity contribution in [3.05, 3.63) is 215 Å². The number of pyridine rings is 2. The van der Waals surface area contributed by atoms with Crippen LogP contribution in [0.25, 0.3) is 65.2 Å². The van der Waals surface area contributed by atoms with Crippen molar-refractivity contribution in [1.82, 2.24) is 70.6 Å². The topological polar surface area (TPSA) is 274 Å². The summed E-state index contributed by atoms with van der Waals surface area (Å²) in [6.07, 6.45) is 9.97. The Balaban J connectivity index is 0.508. The largest absolute Gasteiger partial charge is 0.448 e. The van der Waals surface area contributed by atoms with E-state index in [1.807, 2.05) is 131 Å². The Morgan fingerprint density at radius 3 is 1.15 bits per heavy atom. The molecule has 0 radical (unpaired) electrons. The van der Waals surface area contributed by atoms with E-state index in [9.17, 15) is 28.8 Å². The van der Waals surface area contributed by atoms with Gasteiger partial charge in [0.25, 0.3) is 0 Å². The van der Waals surface area contributed by atoms with Gasteiger partial charge in [-0.25, -0.2) is 29.1 Å². The van der Waals surface area contributed by atoms with Gasteiger partial charge in [0.15, 0.2) is 0 Å². The molecule has 4 aliphatic heterocycles. The number of likely N-dealkylation sites (tertiary alicyclic amines) is 4. The minimum Gasteiger partial charge on any atom is -0.448 e. The SMILES string of the molecule is C[C@@H](C(=O)N[C@H](C(=O)N1CCC[C@H]1c1nc2c(-c3ccccc3)nccc2s1)C1CCN(C(=O)NCCCCCCNC(=O)N2CCC([C@H](NC(=O)[C@H](C)N(C)C(=O)OCC3c4ccccc4-c4ccccc43)C(=O)N3CCC[C@H]3c3nc4c(-c5ccccc5)nccc4s3)CC2)CC1)N(C)C(=O)OCC1c2ccccc2-c2ccccc21. The lowest BCUT2D eigenvalue weighted by atomic mass is 9.88. The van der Waals surface area contributed by atoms with Crippen molar-refractivity contribution in [1.29, 1.82) is 0 Å². The minimum absolute atomic E-state index is 0.0826. The second-order valence-electron chi connectivity index (χ2n) is 31.9. The lowest BCUT2D eigenvalue weighted by Gasteiger charge is -2.38. The van der Waals surface area contributed by atoms with Crippen LogP contribution in [0.5, 0.6) is 0 Å². The number of unbranched alkanes of at least 4 members (excludes halogenated alkanes) is 3. The number of amides is 10. The molecule has 16 rings (SSSR count). The quantitative estimate of drug-likeness (QED) is 0.0388. The second-order valence-corrected chi connectivity index (χ2v) is 34.0. The number of aromatic nitrogens is 4. The first kappa shape index (κ1) is 80.2. The van der Waals surface area contributed by atoms with Crippen LogP contribution in [0.4, 0.5) is 19.2 Å². The molecule has 0 spiro atoms. The maximum absolute atomic E-state index is 15.4. The van der Waals surface area contributed by atoms with Crippen LogP contribution in [0.3, 0.4) is 0 Å². The number of ether oxygens (including phenoxy) is 2. The molecule has 6 aliphatic rings. The van der Waals surface area contributed by atoms with E-state index in [4.69, 9.17) is 29.4 Å².